The maximum atomic E-state index is 12.2. The van der Waals surface area contributed by atoms with Gasteiger partial charge < -0.3 is 20.7 Å². The van der Waals surface area contributed by atoms with Gasteiger partial charge in [-0.2, -0.15) is 0 Å². The number of nitrogens with one attached hydrogen (secondary N) is 3. The van der Waals surface area contributed by atoms with Crippen LogP contribution in [0.5, 0.6) is 5.75 Å². The van der Waals surface area contributed by atoms with Crippen molar-refractivity contribution in [2.24, 2.45) is 0 Å². The van der Waals surface area contributed by atoms with Crippen LogP contribution >= 0.6 is 0 Å². The third-order valence-electron chi connectivity index (χ3n) is 5.36. The summed E-state index contributed by atoms with van der Waals surface area (Å²) in [4.78, 5) is 23.6. The molecule has 5 rings (SSSR count). The topological polar surface area (TPSA) is 103 Å². The van der Waals surface area contributed by atoms with Gasteiger partial charge in [0.05, 0.1) is 17.6 Å². The first kappa shape index (κ1) is 20.3. The van der Waals surface area contributed by atoms with E-state index >= 15 is 0 Å². The zero-order chi connectivity index (χ0) is 22.6. The maximum absolute atomic E-state index is 12.2. The number of urea groups is 1. The Morgan fingerprint density at radius 3 is 2.61 bits per heavy atom. The van der Waals surface area contributed by atoms with Crippen LogP contribution in [0, 0.1) is 0 Å². The number of aromatic amines is 1. The average molecular weight is 435 g/mol. The summed E-state index contributed by atoms with van der Waals surface area (Å²) >= 11 is 0. The Balaban J connectivity index is 1.36. The minimum absolute atomic E-state index is 0.191. The van der Waals surface area contributed by atoms with Crippen molar-refractivity contribution in [2.45, 2.75) is 6.54 Å². The number of para-hydroxylation sites is 1. The molecule has 0 fully saturated rings. The van der Waals surface area contributed by atoms with Gasteiger partial charge >= 0.3 is 6.03 Å². The van der Waals surface area contributed by atoms with E-state index in [-0.39, 0.29) is 11.8 Å². The van der Waals surface area contributed by atoms with E-state index in [1.807, 2.05) is 54.6 Å². The molecular weight excluding hydrogens is 414 g/mol. The molecule has 0 bridgehead atoms. The molecule has 0 atom stereocenters. The van der Waals surface area contributed by atoms with Crippen LogP contribution in [0.25, 0.3) is 33.3 Å². The quantitative estimate of drug-likeness (QED) is 0.300. The number of nitrogens with zero attached hydrogens (tertiary/aromatic N) is 2. The second kappa shape index (κ2) is 8.84. The Labute approximate surface area is 190 Å². The highest BCUT2D eigenvalue weighted by Crippen LogP contribution is 2.38. The molecule has 0 radical (unpaired) electrons. The summed E-state index contributed by atoms with van der Waals surface area (Å²) in [6.07, 6.45) is 6.75. The lowest BCUT2D eigenvalue weighted by atomic mass is 9.98. The first-order valence-corrected chi connectivity index (χ1v) is 10.5. The molecule has 3 heterocycles. The van der Waals surface area contributed by atoms with E-state index in [2.05, 4.69) is 25.6 Å². The van der Waals surface area contributed by atoms with Crippen LogP contribution in [-0.4, -0.2) is 26.1 Å². The van der Waals surface area contributed by atoms with E-state index in [1.54, 1.807) is 36.9 Å². The second-order valence-corrected chi connectivity index (χ2v) is 7.60. The van der Waals surface area contributed by atoms with E-state index in [4.69, 9.17) is 0 Å². The number of phenolic OH excluding ortho intramolecular Hbond substituents is 1. The molecule has 2 amide bonds. The first-order chi connectivity index (χ1) is 16.2. The number of carbonyl (C=O) groups is 1. The molecule has 0 saturated heterocycles. The van der Waals surface area contributed by atoms with Crippen molar-refractivity contribution in [1.29, 1.82) is 0 Å². The Hall–Kier alpha value is -4.65. The summed E-state index contributed by atoms with van der Waals surface area (Å²) in [6, 6.07) is 20.5. The number of rotatable bonds is 5. The number of anilines is 1. The van der Waals surface area contributed by atoms with Crippen molar-refractivity contribution < 1.29 is 9.90 Å². The molecule has 33 heavy (non-hydrogen) atoms. The molecule has 0 aliphatic carbocycles. The van der Waals surface area contributed by atoms with Gasteiger partial charge in [0.1, 0.15) is 5.75 Å². The van der Waals surface area contributed by atoms with Crippen LogP contribution in [0.4, 0.5) is 10.5 Å². The summed E-state index contributed by atoms with van der Waals surface area (Å²) in [7, 11) is 0. The zero-order valence-electron chi connectivity index (χ0n) is 17.6. The lowest BCUT2D eigenvalue weighted by Crippen LogP contribution is -2.28. The van der Waals surface area contributed by atoms with Crippen LogP contribution < -0.4 is 10.6 Å². The Bertz CT molecular complexity index is 1400. The highest BCUT2D eigenvalue weighted by molar-refractivity contribution is 5.90. The Kier molecular flexibility index (Phi) is 5.43. The number of fused-ring (bicyclic) bond motifs is 1. The largest absolute Gasteiger partial charge is 0.507 e. The molecular formula is C26H21N5O2. The van der Waals surface area contributed by atoms with Gasteiger partial charge in [-0.15, -0.1) is 0 Å². The number of hydrogen-bond donors (Lipinski definition) is 4. The SMILES string of the molecule is O=C(NCc1cccc(-c2cccc(-c3cc4cnccc4[nH]3)c2O)c1)Nc1cccnc1. The maximum Gasteiger partial charge on any atom is 0.319 e. The first-order valence-electron chi connectivity index (χ1n) is 10.5. The molecule has 3 aromatic heterocycles. The van der Waals surface area contributed by atoms with Gasteiger partial charge in [-0.3, -0.25) is 9.97 Å². The predicted octanol–water partition coefficient (Wildman–Crippen LogP) is 5.32. The van der Waals surface area contributed by atoms with E-state index in [0.29, 0.717) is 23.4 Å². The van der Waals surface area contributed by atoms with Gasteiger partial charge in [-0.1, -0.05) is 30.3 Å². The molecule has 4 N–H and O–H groups in total. The standard InChI is InChI=1S/C26H21N5O2/c32-25-21(7-2-8-22(25)24-13-19-15-28-11-9-23(19)31-24)18-5-1-4-17(12-18)14-29-26(33)30-20-6-3-10-27-16-20/h1-13,15-16,31-32H,14H2,(H2,29,30,33). The predicted molar refractivity (Wildman–Crippen MR) is 129 cm³/mol. The number of benzene rings is 2. The van der Waals surface area contributed by atoms with Gasteiger partial charge in [0.15, 0.2) is 0 Å². The van der Waals surface area contributed by atoms with Gasteiger partial charge in [0.25, 0.3) is 0 Å². The molecule has 2 aromatic carbocycles. The van der Waals surface area contributed by atoms with Gasteiger partial charge in [0, 0.05) is 47.2 Å². The van der Waals surface area contributed by atoms with Crippen LogP contribution in [-0.2, 0) is 6.54 Å². The molecule has 5 aromatic rings. The number of aromatic nitrogens is 3. The fourth-order valence-electron chi connectivity index (χ4n) is 3.75. The third-order valence-corrected chi connectivity index (χ3v) is 5.36. The molecule has 0 saturated carbocycles. The molecule has 0 aliphatic heterocycles. The lowest BCUT2D eigenvalue weighted by molar-refractivity contribution is 0.251. The molecule has 0 aliphatic rings. The number of pyridine rings is 2. The summed E-state index contributed by atoms with van der Waals surface area (Å²) in [5, 5.41) is 17.6. The van der Waals surface area contributed by atoms with E-state index in [1.165, 1.54) is 0 Å². The highest BCUT2D eigenvalue weighted by atomic mass is 16.3. The van der Waals surface area contributed by atoms with Crippen molar-refractivity contribution in [2.75, 3.05) is 5.32 Å². The molecule has 0 unspecified atom stereocenters. The van der Waals surface area contributed by atoms with E-state index in [0.717, 1.165) is 27.7 Å². The van der Waals surface area contributed by atoms with Crippen molar-refractivity contribution in [3.8, 4) is 28.1 Å². The average Bonchev–Trinajstić information content (AvgIpc) is 3.28. The number of phenols is 1. The Morgan fingerprint density at radius 2 is 1.76 bits per heavy atom. The number of carbonyl (C=O) groups excluding carboxylic acids is 1. The van der Waals surface area contributed by atoms with Gasteiger partial charge in [-0.05, 0) is 47.5 Å². The summed E-state index contributed by atoms with van der Waals surface area (Å²) < 4.78 is 0. The molecule has 0 spiro atoms. The summed E-state index contributed by atoms with van der Waals surface area (Å²) in [6.45, 7) is 0.343. The minimum Gasteiger partial charge on any atom is -0.507 e. The molecule has 7 heteroatoms. The van der Waals surface area contributed by atoms with Crippen LogP contribution in [0.1, 0.15) is 5.56 Å². The molecule has 7 nitrogen and oxygen atoms in total. The zero-order valence-corrected chi connectivity index (χ0v) is 17.6. The van der Waals surface area contributed by atoms with Gasteiger partial charge in [0.2, 0.25) is 0 Å². The number of H-pyrrole nitrogens is 1. The van der Waals surface area contributed by atoms with Crippen LogP contribution in [0.2, 0.25) is 0 Å². The van der Waals surface area contributed by atoms with Crippen molar-refractivity contribution in [1.82, 2.24) is 20.3 Å². The molecule has 162 valence electrons. The van der Waals surface area contributed by atoms with Crippen LogP contribution in [0.15, 0.2) is 91.5 Å². The normalized spacial score (nSPS) is 10.8. The highest BCUT2D eigenvalue weighted by Gasteiger charge is 2.13. The number of aromatic hydroxyl groups is 1. The summed E-state index contributed by atoms with van der Waals surface area (Å²) in [5.41, 5.74) is 5.60. The smallest absolute Gasteiger partial charge is 0.319 e. The summed E-state index contributed by atoms with van der Waals surface area (Å²) in [5.74, 6) is 0.191. The fraction of sp³-hybridized carbons (Fsp3) is 0.0385. The monoisotopic (exact) mass is 435 g/mol. The van der Waals surface area contributed by atoms with Crippen molar-refractivity contribution in [3.05, 3.63) is 97.1 Å². The number of amides is 2. The fourth-order valence-corrected chi connectivity index (χ4v) is 3.75. The lowest BCUT2D eigenvalue weighted by Gasteiger charge is -2.11. The number of hydrogen-bond acceptors (Lipinski definition) is 4. The third kappa shape index (κ3) is 4.38. The van der Waals surface area contributed by atoms with Gasteiger partial charge in [-0.25, -0.2) is 4.79 Å². The second-order valence-electron chi connectivity index (χ2n) is 7.60. The Morgan fingerprint density at radius 1 is 0.909 bits per heavy atom. The van der Waals surface area contributed by atoms with Crippen molar-refractivity contribution in [3.63, 3.8) is 0 Å². The van der Waals surface area contributed by atoms with Crippen molar-refractivity contribution >= 4 is 22.6 Å². The van der Waals surface area contributed by atoms with E-state index < -0.39 is 0 Å². The minimum atomic E-state index is -0.313. The van der Waals surface area contributed by atoms with E-state index in [9.17, 15) is 9.90 Å². The van der Waals surface area contributed by atoms with Crippen LogP contribution in [0.3, 0.4) is 0 Å².